The molecule has 0 saturated carbocycles. The SMILES string of the molecule is CCC(C)C(NC(=O)C(N)CCC(=O)O)C(=O)NCC(=O)NC(CC(=O)O)C(=O)O. The summed E-state index contributed by atoms with van der Waals surface area (Å²) in [6.45, 7) is 2.79. The van der Waals surface area contributed by atoms with E-state index in [1.807, 2.05) is 5.32 Å². The van der Waals surface area contributed by atoms with Gasteiger partial charge in [0, 0.05) is 6.42 Å². The molecule has 4 unspecified atom stereocenters. The molecule has 0 aliphatic heterocycles. The van der Waals surface area contributed by atoms with Gasteiger partial charge in [0.2, 0.25) is 17.7 Å². The molecule has 30 heavy (non-hydrogen) atoms. The summed E-state index contributed by atoms with van der Waals surface area (Å²) in [6, 6.07) is -3.87. The lowest BCUT2D eigenvalue weighted by Crippen LogP contribution is -2.55. The number of nitrogens with two attached hydrogens (primary N) is 1. The lowest BCUT2D eigenvalue weighted by Gasteiger charge is -2.25. The highest BCUT2D eigenvalue weighted by atomic mass is 16.4. The Bertz CT molecular complexity index is 668. The Balaban J connectivity index is 4.90. The second-order valence-corrected chi connectivity index (χ2v) is 6.68. The second kappa shape index (κ2) is 13.1. The second-order valence-electron chi connectivity index (χ2n) is 6.68. The molecule has 170 valence electrons. The van der Waals surface area contributed by atoms with Gasteiger partial charge in [-0.15, -0.1) is 0 Å². The number of hydrogen-bond donors (Lipinski definition) is 7. The molecule has 3 amide bonds. The van der Waals surface area contributed by atoms with E-state index < -0.39 is 66.7 Å². The molecule has 8 N–H and O–H groups in total. The average molecular weight is 432 g/mol. The molecular formula is C17H28N4O9. The van der Waals surface area contributed by atoms with E-state index in [4.69, 9.17) is 21.1 Å². The number of nitrogens with one attached hydrogen (secondary N) is 3. The maximum atomic E-state index is 12.4. The molecule has 0 aliphatic rings. The van der Waals surface area contributed by atoms with E-state index in [0.29, 0.717) is 6.42 Å². The molecule has 0 aromatic rings. The summed E-state index contributed by atoms with van der Waals surface area (Å²) >= 11 is 0. The van der Waals surface area contributed by atoms with Gasteiger partial charge in [0.1, 0.15) is 12.1 Å². The maximum absolute atomic E-state index is 12.4. The van der Waals surface area contributed by atoms with Crippen LogP contribution in [0.3, 0.4) is 0 Å². The summed E-state index contributed by atoms with van der Waals surface area (Å²) in [7, 11) is 0. The molecule has 4 atom stereocenters. The fourth-order valence-electron chi connectivity index (χ4n) is 2.27. The lowest BCUT2D eigenvalue weighted by atomic mass is 9.97. The van der Waals surface area contributed by atoms with E-state index in [9.17, 15) is 28.8 Å². The Morgan fingerprint density at radius 1 is 0.933 bits per heavy atom. The van der Waals surface area contributed by atoms with Gasteiger partial charge < -0.3 is 37.0 Å². The van der Waals surface area contributed by atoms with Gasteiger partial charge in [-0.25, -0.2) is 4.79 Å². The number of carbonyl (C=O) groups is 6. The molecule has 13 heteroatoms. The maximum Gasteiger partial charge on any atom is 0.326 e. The highest BCUT2D eigenvalue weighted by molar-refractivity contribution is 5.93. The van der Waals surface area contributed by atoms with Gasteiger partial charge >= 0.3 is 17.9 Å². The molecule has 0 aromatic carbocycles. The first-order chi connectivity index (χ1) is 13.9. The standard InChI is InChI=1S/C17H28N4O9/c1-3-8(2)14(21-15(27)9(18)4-5-12(23)24)16(28)19-7-11(22)20-10(17(29)30)6-13(25)26/h8-10,14H,3-7,18H2,1-2H3,(H,19,28)(H,20,22)(H,21,27)(H,23,24)(H,25,26)(H,29,30). The molecule has 0 spiro atoms. The van der Waals surface area contributed by atoms with Gasteiger partial charge in [-0.3, -0.25) is 24.0 Å². The van der Waals surface area contributed by atoms with E-state index in [2.05, 4.69) is 10.6 Å². The van der Waals surface area contributed by atoms with Crippen molar-refractivity contribution in [1.82, 2.24) is 16.0 Å². The van der Waals surface area contributed by atoms with Gasteiger partial charge in [-0.05, 0) is 12.3 Å². The first-order valence-corrected chi connectivity index (χ1v) is 9.18. The van der Waals surface area contributed by atoms with Crippen LogP contribution in [-0.4, -0.2) is 75.6 Å². The van der Waals surface area contributed by atoms with E-state index >= 15 is 0 Å². The molecule has 13 nitrogen and oxygen atoms in total. The van der Waals surface area contributed by atoms with Crippen LogP contribution in [0.4, 0.5) is 0 Å². The smallest absolute Gasteiger partial charge is 0.326 e. The predicted octanol–water partition coefficient (Wildman–Crippen LogP) is -2.13. The zero-order valence-corrected chi connectivity index (χ0v) is 16.7. The van der Waals surface area contributed by atoms with Crippen LogP contribution in [-0.2, 0) is 28.8 Å². The zero-order chi connectivity index (χ0) is 23.4. The van der Waals surface area contributed by atoms with Crippen molar-refractivity contribution in [2.75, 3.05) is 6.54 Å². The van der Waals surface area contributed by atoms with Crippen molar-refractivity contribution in [3.63, 3.8) is 0 Å². The van der Waals surface area contributed by atoms with Crippen molar-refractivity contribution in [3.8, 4) is 0 Å². The van der Waals surface area contributed by atoms with E-state index in [-0.39, 0.29) is 18.8 Å². The number of carboxylic acid groups (broad SMARTS) is 3. The fourth-order valence-corrected chi connectivity index (χ4v) is 2.27. The van der Waals surface area contributed by atoms with Crippen molar-refractivity contribution < 1.29 is 44.1 Å². The number of rotatable bonds is 14. The first-order valence-electron chi connectivity index (χ1n) is 9.18. The van der Waals surface area contributed by atoms with Crippen molar-refractivity contribution in [3.05, 3.63) is 0 Å². The van der Waals surface area contributed by atoms with Gasteiger partial charge in [0.25, 0.3) is 0 Å². The quantitative estimate of drug-likeness (QED) is 0.158. The summed E-state index contributed by atoms with van der Waals surface area (Å²) < 4.78 is 0. The van der Waals surface area contributed by atoms with Crippen LogP contribution in [0.1, 0.15) is 39.5 Å². The van der Waals surface area contributed by atoms with Crippen LogP contribution in [0.2, 0.25) is 0 Å². The molecule has 0 fully saturated rings. The third kappa shape index (κ3) is 10.4. The summed E-state index contributed by atoms with van der Waals surface area (Å²) in [5, 5.41) is 32.9. The summed E-state index contributed by atoms with van der Waals surface area (Å²) in [4.78, 5) is 68.6. The number of aliphatic carboxylic acids is 3. The molecule has 0 aromatic heterocycles. The highest BCUT2D eigenvalue weighted by Gasteiger charge is 2.29. The average Bonchev–Trinajstić information content (AvgIpc) is 2.66. The van der Waals surface area contributed by atoms with E-state index in [1.165, 1.54) is 0 Å². The summed E-state index contributed by atoms with van der Waals surface area (Å²) in [6.07, 6.45) is -0.807. The van der Waals surface area contributed by atoms with Crippen LogP contribution < -0.4 is 21.7 Å². The number of carboxylic acids is 3. The van der Waals surface area contributed by atoms with Crippen LogP contribution in [0, 0.1) is 5.92 Å². The minimum absolute atomic E-state index is 0.126. The normalized spacial score (nSPS) is 14.5. The molecule has 0 radical (unpaired) electrons. The number of hydrogen-bond acceptors (Lipinski definition) is 7. The van der Waals surface area contributed by atoms with Crippen molar-refractivity contribution in [1.29, 1.82) is 0 Å². The Labute approximate surface area is 172 Å². The van der Waals surface area contributed by atoms with Crippen LogP contribution in [0.15, 0.2) is 0 Å². The minimum Gasteiger partial charge on any atom is -0.481 e. The number of carbonyl (C=O) groups excluding carboxylic acids is 3. The van der Waals surface area contributed by atoms with Crippen molar-refractivity contribution in [2.24, 2.45) is 11.7 Å². The molecule has 0 saturated heterocycles. The topological polar surface area (TPSA) is 225 Å². The lowest BCUT2D eigenvalue weighted by molar-refractivity contribution is -0.147. The van der Waals surface area contributed by atoms with Gasteiger partial charge in [-0.1, -0.05) is 20.3 Å². The molecule has 0 bridgehead atoms. The Kier molecular flexibility index (Phi) is 11.7. The minimum atomic E-state index is -1.66. The predicted molar refractivity (Wildman–Crippen MR) is 101 cm³/mol. The van der Waals surface area contributed by atoms with Crippen LogP contribution in [0.5, 0.6) is 0 Å². The Hall–Kier alpha value is -3.22. The van der Waals surface area contributed by atoms with Crippen molar-refractivity contribution >= 4 is 35.6 Å². The van der Waals surface area contributed by atoms with Crippen LogP contribution in [0.25, 0.3) is 0 Å². The summed E-state index contributed by atoms with van der Waals surface area (Å²) in [5.41, 5.74) is 5.63. The fraction of sp³-hybridized carbons (Fsp3) is 0.647. The van der Waals surface area contributed by atoms with Crippen LogP contribution >= 0.6 is 0 Å². The highest BCUT2D eigenvalue weighted by Crippen LogP contribution is 2.09. The first kappa shape index (κ1) is 26.8. The summed E-state index contributed by atoms with van der Waals surface area (Å²) in [5.74, 6) is -6.84. The number of amides is 3. The van der Waals surface area contributed by atoms with Gasteiger partial charge in [0.05, 0.1) is 19.0 Å². The third-order valence-electron chi connectivity index (χ3n) is 4.23. The zero-order valence-electron chi connectivity index (χ0n) is 16.7. The van der Waals surface area contributed by atoms with Crippen molar-refractivity contribution in [2.45, 2.75) is 57.7 Å². The monoisotopic (exact) mass is 432 g/mol. The molecule has 0 aliphatic carbocycles. The van der Waals surface area contributed by atoms with E-state index in [1.54, 1.807) is 13.8 Å². The van der Waals surface area contributed by atoms with Gasteiger partial charge in [-0.2, -0.15) is 0 Å². The van der Waals surface area contributed by atoms with E-state index in [0.717, 1.165) is 0 Å². The Morgan fingerprint density at radius 2 is 1.53 bits per heavy atom. The molecule has 0 heterocycles. The van der Waals surface area contributed by atoms with Gasteiger partial charge in [0.15, 0.2) is 0 Å². The molecule has 0 rings (SSSR count). The largest absolute Gasteiger partial charge is 0.481 e. The third-order valence-corrected chi connectivity index (χ3v) is 4.23. The molecular weight excluding hydrogens is 404 g/mol. The Morgan fingerprint density at radius 3 is 2.00 bits per heavy atom.